The van der Waals surface area contributed by atoms with Crippen molar-refractivity contribution in [3.05, 3.63) is 71.3 Å². The van der Waals surface area contributed by atoms with Crippen LogP contribution in [0.5, 0.6) is 0 Å². The molecule has 3 atom stereocenters. The number of piperidine rings is 1. The number of carbonyl (C=O) groups is 1. The maximum Gasteiger partial charge on any atom is 0.335 e. The Morgan fingerprint density at radius 1 is 1.10 bits per heavy atom. The standard InChI is InChI=1S/C24H28N2O3/c27-23(28)19-8-6-17(7-9-19)15-26-12-10-24(11-13-26)22(16-29-24)25-21-14-20(21)18-4-2-1-3-5-18/h1-9,20-22,25H,10-16H2,(H,27,28)/t20-,21?,22?/m0/s1. The Kier molecular flexibility index (Phi) is 4.90. The Bertz CT molecular complexity index is 859. The lowest BCUT2D eigenvalue weighted by Crippen LogP contribution is -2.68. The van der Waals surface area contributed by atoms with Crippen LogP contribution < -0.4 is 5.32 Å². The average Bonchev–Trinajstić information content (AvgIpc) is 3.52. The van der Waals surface area contributed by atoms with E-state index in [2.05, 4.69) is 40.5 Å². The maximum absolute atomic E-state index is 11.0. The minimum Gasteiger partial charge on any atom is -0.478 e. The molecule has 2 heterocycles. The summed E-state index contributed by atoms with van der Waals surface area (Å²) in [4.78, 5) is 13.4. The van der Waals surface area contributed by atoms with E-state index in [1.807, 2.05) is 12.1 Å². The van der Waals surface area contributed by atoms with Gasteiger partial charge in [-0.05, 0) is 42.5 Å². The lowest BCUT2D eigenvalue weighted by Gasteiger charge is -2.53. The van der Waals surface area contributed by atoms with Crippen molar-refractivity contribution in [2.24, 2.45) is 0 Å². The molecule has 0 amide bonds. The largest absolute Gasteiger partial charge is 0.478 e. The summed E-state index contributed by atoms with van der Waals surface area (Å²) in [5, 5.41) is 12.9. The maximum atomic E-state index is 11.0. The number of nitrogens with one attached hydrogen (secondary N) is 1. The summed E-state index contributed by atoms with van der Waals surface area (Å²) in [7, 11) is 0. The predicted molar refractivity (Wildman–Crippen MR) is 111 cm³/mol. The van der Waals surface area contributed by atoms with E-state index in [0.29, 0.717) is 23.6 Å². The van der Waals surface area contributed by atoms with E-state index in [1.54, 1.807) is 12.1 Å². The van der Waals surface area contributed by atoms with E-state index in [9.17, 15) is 4.79 Å². The Labute approximate surface area is 171 Å². The number of carboxylic acids is 1. The van der Waals surface area contributed by atoms with Crippen LogP contribution >= 0.6 is 0 Å². The van der Waals surface area contributed by atoms with Crippen molar-refractivity contribution in [1.29, 1.82) is 0 Å². The fourth-order valence-corrected chi connectivity index (χ4v) is 4.90. The molecule has 0 radical (unpaired) electrons. The minimum atomic E-state index is -0.873. The van der Waals surface area contributed by atoms with Crippen LogP contribution in [-0.4, -0.2) is 53.4 Å². The molecule has 1 aliphatic carbocycles. The Hall–Kier alpha value is -2.21. The molecule has 0 bridgehead atoms. The molecule has 2 aromatic carbocycles. The highest BCUT2D eigenvalue weighted by Crippen LogP contribution is 2.44. The first-order valence-corrected chi connectivity index (χ1v) is 10.6. The number of benzene rings is 2. The molecule has 2 aromatic rings. The zero-order chi connectivity index (χ0) is 19.8. The van der Waals surface area contributed by atoms with Gasteiger partial charge < -0.3 is 15.2 Å². The quantitative estimate of drug-likeness (QED) is 0.790. The zero-order valence-electron chi connectivity index (χ0n) is 16.6. The molecule has 1 saturated carbocycles. The van der Waals surface area contributed by atoms with E-state index in [4.69, 9.17) is 9.84 Å². The fraction of sp³-hybridized carbons (Fsp3) is 0.458. The van der Waals surface area contributed by atoms with Crippen LogP contribution in [0.15, 0.2) is 54.6 Å². The van der Waals surface area contributed by atoms with Gasteiger partial charge in [0.1, 0.15) is 0 Å². The SMILES string of the molecule is O=C(O)c1ccc(CN2CCC3(CC2)OCC3NC2C[C@H]2c2ccccc2)cc1. The van der Waals surface area contributed by atoms with Crippen LogP contribution in [-0.2, 0) is 11.3 Å². The van der Waals surface area contributed by atoms with Crippen molar-refractivity contribution in [3.8, 4) is 0 Å². The number of rotatable bonds is 6. The number of aromatic carboxylic acids is 1. The van der Waals surface area contributed by atoms with Gasteiger partial charge in [-0.15, -0.1) is 0 Å². The van der Waals surface area contributed by atoms with Crippen molar-refractivity contribution in [1.82, 2.24) is 10.2 Å². The van der Waals surface area contributed by atoms with E-state index < -0.39 is 5.97 Å². The summed E-state index contributed by atoms with van der Waals surface area (Å²) in [6.45, 7) is 3.73. The molecule has 5 rings (SSSR count). The number of nitrogens with zero attached hydrogens (tertiary/aromatic N) is 1. The molecule has 5 heteroatoms. The smallest absolute Gasteiger partial charge is 0.335 e. The van der Waals surface area contributed by atoms with Crippen LogP contribution in [0.1, 0.15) is 46.7 Å². The van der Waals surface area contributed by atoms with Crippen molar-refractivity contribution in [2.75, 3.05) is 19.7 Å². The molecule has 152 valence electrons. The van der Waals surface area contributed by atoms with Crippen molar-refractivity contribution in [3.63, 3.8) is 0 Å². The van der Waals surface area contributed by atoms with E-state index >= 15 is 0 Å². The predicted octanol–water partition coefficient (Wildman–Crippen LogP) is 3.26. The third-order valence-electron chi connectivity index (χ3n) is 6.92. The second-order valence-corrected chi connectivity index (χ2v) is 8.73. The van der Waals surface area contributed by atoms with Gasteiger partial charge in [0.05, 0.1) is 23.8 Å². The van der Waals surface area contributed by atoms with Crippen LogP contribution in [0.2, 0.25) is 0 Å². The van der Waals surface area contributed by atoms with E-state index in [0.717, 1.165) is 39.1 Å². The molecule has 2 aliphatic heterocycles. The highest BCUT2D eigenvalue weighted by molar-refractivity contribution is 5.87. The number of carboxylic acid groups (broad SMARTS) is 1. The summed E-state index contributed by atoms with van der Waals surface area (Å²) in [6.07, 6.45) is 3.34. The van der Waals surface area contributed by atoms with Gasteiger partial charge in [0.25, 0.3) is 0 Å². The molecule has 2 N–H and O–H groups in total. The second-order valence-electron chi connectivity index (χ2n) is 8.73. The van der Waals surface area contributed by atoms with Gasteiger partial charge in [-0.3, -0.25) is 4.90 Å². The third-order valence-corrected chi connectivity index (χ3v) is 6.92. The first kappa shape index (κ1) is 18.8. The topological polar surface area (TPSA) is 61.8 Å². The number of ether oxygens (including phenoxy) is 1. The zero-order valence-corrected chi connectivity index (χ0v) is 16.6. The van der Waals surface area contributed by atoms with Gasteiger partial charge in [0.2, 0.25) is 0 Å². The monoisotopic (exact) mass is 392 g/mol. The summed E-state index contributed by atoms with van der Waals surface area (Å²) in [6, 6.07) is 19.1. The molecule has 2 saturated heterocycles. The summed E-state index contributed by atoms with van der Waals surface area (Å²) < 4.78 is 6.13. The van der Waals surface area contributed by atoms with Gasteiger partial charge in [-0.25, -0.2) is 4.79 Å². The molecule has 0 aromatic heterocycles. The lowest BCUT2D eigenvalue weighted by molar-refractivity contribution is -0.201. The molecule has 1 spiro atoms. The molecule has 29 heavy (non-hydrogen) atoms. The molecule has 2 unspecified atom stereocenters. The highest BCUT2D eigenvalue weighted by atomic mass is 16.5. The average molecular weight is 392 g/mol. The Morgan fingerprint density at radius 2 is 1.83 bits per heavy atom. The van der Waals surface area contributed by atoms with E-state index in [-0.39, 0.29) is 5.60 Å². The van der Waals surface area contributed by atoms with Gasteiger partial charge in [0.15, 0.2) is 0 Å². The molecular formula is C24H28N2O3. The third kappa shape index (κ3) is 3.82. The van der Waals surface area contributed by atoms with Crippen LogP contribution in [0, 0.1) is 0 Å². The molecule has 3 aliphatic rings. The first-order chi connectivity index (χ1) is 14.1. The number of hydrogen-bond donors (Lipinski definition) is 2. The normalized spacial score (nSPS) is 28.1. The highest BCUT2D eigenvalue weighted by Gasteiger charge is 2.52. The van der Waals surface area contributed by atoms with Crippen LogP contribution in [0.4, 0.5) is 0 Å². The first-order valence-electron chi connectivity index (χ1n) is 10.6. The van der Waals surface area contributed by atoms with Gasteiger partial charge in [-0.2, -0.15) is 0 Å². The Morgan fingerprint density at radius 3 is 2.45 bits per heavy atom. The lowest BCUT2D eigenvalue weighted by atomic mass is 9.80. The summed E-state index contributed by atoms with van der Waals surface area (Å²) >= 11 is 0. The van der Waals surface area contributed by atoms with Crippen LogP contribution in [0.3, 0.4) is 0 Å². The van der Waals surface area contributed by atoms with Gasteiger partial charge in [0, 0.05) is 31.6 Å². The van der Waals surface area contributed by atoms with Gasteiger partial charge >= 0.3 is 5.97 Å². The van der Waals surface area contributed by atoms with Crippen molar-refractivity contribution in [2.45, 2.75) is 49.4 Å². The number of likely N-dealkylation sites (tertiary alicyclic amines) is 1. The molecular weight excluding hydrogens is 364 g/mol. The van der Waals surface area contributed by atoms with Crippen LogP contribution in [0.25, 0.3) is 0 Å². The summed E-state index contributed by atoms with van der Waals surface area (Å²) in [5.74, 6) is -0.218. The number of hydrogen-bond acceptors (Lipinski definition) is 4. The fourth-order valence-electron chi connectivity index (χ4n) is 4.90. The molecule has 5 nitrogen and oxygen atoms in total. The Balaban J connectivity index is 1.12. The van der Waals surface area contributed by atoms with E-state index in [1.165, 1.54) is 17.5 Å². The van der Waals surface area contributed by atoms with Crippen molar-refractivity contribution < 1.29 is 14.6 Å². The minimum absolute atomic E-state index is 0.00743. The molecule has 3 fully saturated rings. The van der Waals surface area contributed by atoms with Gasteiger partial charge in [-0.1, -0.05) is 42.5 Å². The van der Waals surface area contributed by atoms with Crippen molar-refractivity contribution >= 4 is 5.97 Å². The summed E-state index contributed by atoms with van der Waals surface area (Å²) in [5.41, 5.74) is 2.96. The second kappa shape index (κ2) is 7.56.